The second-order valence-electron chi connectivity index (χ2n) is 3.07. The van der Waals surface area contributed by atoms with Crippen molar-refractivity contribution >= 4 is 32.4 Å². The number of nitrogens with zero attached hydrogens (tertiary/aromatic N) is 1. The van der Waals surface area contributed by atoms with E-state index in [0.717, 1.165) is 12.3 Å². The molecule has 0 saturated heterocycles. The van der Waals surface area contributed by atoms with Crippen LogP contribution in [0.4, 0.5) is 10.1 Å². The van der Waals surface area contributed by atoms with Crippen LogP contribution < -0.4 is 5.56 Å². The summed E-state index contributed by atoms with van der Waals surface area (Å²) in [5.74, 6) is -0.825. The van der Waals surface area contributed by atoms with Gasteiger partial charge in [-0.05, 0) is 6.07 Å². The molecular formula is C9H4BrFN2O3. The fourth-order valence-electron chi connectivity index (χ4n) is 1.45. The predicted octanol–water partition coefficient (Wildman–Crippen LogP) is 2.34. The summed E-state index contributed by atoms with van der Waals surface area (Å²) in [5.41, 5.74) is -1.01. The first-order valence-electron chi connectivity index (χ1n) is 4.15. The number of hydrogen-bond acceptors (Lipinski definition) is 3. The molecule has 0 bridgehead atoms. The van der Waals surface area contributed by atoms with Crippen LogP contribution in [-0.2, 0) is 0 Å². The third kappa shape index (κ3) is 1.58. The number of aromatic nitrogens is 1. The van der Waals surface area contributed by atoms with Gasteiger partial charge in [-0.1, -0.05) is 15.9 Å². The maximum atomic E-state index is 13.4. The number of nitro groups is 1. The molecule has 0 aliphatic heterocycles. The van der Waals surface area contributed by atoms with E-state index in [1.54, 1.807) is 0 Å². The fourth-order valence-corrected chi connectivity index (χ4v) is 1.89. The molecular weight excluding hydrogens is 283 g/mol. The lowest BCUT2D eigenvalue weighted by atomic mass is 10.1. The number of nitro benzene ring substituents is 1. The van der Waals surface area contributed by atoms with Gasteiger partial charge in [0.15, 0.2) is 5.82 Å². The van der Waals surface area contributed by atoms with Crippen LogP contribution in [0.15, 0.2) is 27.6 Å². The van der Waals surface area contributed by atoms with E-state index in [0.29, 0.717) is 4.47 Å². The summed E-state index contributed by atoms with van der Waals surface area (Å²) in [4.78, 5) is 23.6. The zero-order valence-electron chi connectivity index (χ0n) is 7.66. The van der Waals surface area contributed by atoms with E-state index >= 15 is 0 Å². The van der Waals surface area contributed by atoms with Crippen molar-refractivity contribution in [2.45, 2.75) is 0 Å². The molecule has 16 heavy (non-hydrogen) atoms. The average Bonchev–Trinajstić information content (AvgIpc) is 2.22. The van der Waals surface area contributed by atoms with Crippen LogP contribution >= 0.6 is 15.9 Å². The van der Waals surface area contributed by atoms with E-state index < -0.39 is 22.0 Å². The summed E-state index contributed by atoms with van der Waals surface area (Å²) < 4.78 is 13.8. The normalized spacial score (nSPS) is 10.6. The van der Waals surface area contributed by atoms with Gasteiger partial charge in [0.25, 0.3) is 11.2 Å². The number of non-ortho nitro benzene ring substituents is 1. The SMILES string of the molecule is O=c1[nH]cc(F)c2c([N+](=O)[O-])cc(Br)cc12. The number of nitrogens with one attached hydrogen (secondary N) is 1. The third-order valence-corrected chi connectivity index (χ3v) is 2.55. The highest BCUT2D eigenvalue weighted by atomic mass is 79.9. The Morgan fingerprint density at radius 2 is 2.12 bits per heavy atom. The van der Waals surface area contributed by atoms with Crippen LogP contribution in [0.1, 0.15) is 0 Å². The van der Waals surface area contributed by atoms with Crippen molar-refractivity contribution in [1.29, 1.82) is 0 Å². The van der Waals surface area contributed by atoms with Gasteiger partial charge in [0, 0.05) is 16.7 Å². The standard InChI is InChI=1S/C9H4BrFN2O3/c10-4-1-5-8(7(2-4)13(15)16)6(11)3-12-9(5)14/h1-3H,(H,12,14). The minimum absolute atomic E-state index is 0.0546. The molecule has 0 fully saturated rings. The second kappa shape index (κ2) is 3.67. The van der Waals surface area contributed by atoms with Gasteiger partial charge in [0.2, 0.25) is 0 Å². The monoisotopic (exact) mass is 286 g/mol. The Morgan fingerprint density at radius 3 is 2.75 bits per heavy atom. The molecule has 0 aliphatic rings. The maximum Gasteiger partial charge on any atom is 0.281 e. The van der Waals surface area contributed by atoms with Crippen LogP contribution in [0.3, 0.4) is 0 Å². The Hall–Kier alpha value is -1.76. The van der Waals surface area contributed by atoms with Crippen molar-refractivity contribution < 1.29 is 9.31 Å². The van der Waals surface area contributed by atoms with Crippen molar-refractivity contribution in [3.8, 4) is 0 Å². The van der Waals surface area contributed by atoms with Gasteiger partial charge >= 0.3 is 0 Å². The van der Waals surface area contributed by atoms with E-state index in [1.807, 2.05) is 0 Å². The van der Waals surface area contributed by atoms with Crippen molar-refractivity contribution in [3.05, 3.63) is 49.1 Å². The highest BCUT2D eigenvalue weighted by Gasteiger charge is 2.18. The van der Waals surface area contributed by atoms with Crippen LogP contribution in [0.2, 0.25) is 0 Å². The Balaban J connectivity index is 3.06. The summed E-state index contributed by atoms with van der Waals surface area (Å²) in [7, 11) is 0. The topological polar surface area (TPSA) is 76.0 Å². The largest absolute Gasteiger partial charge is 0.326 e. The molecule has 1 N–H and O–H groups in total. The zero-order chi connectivity index (χ0) is 11.9. The maximum absolute atomic E-state index is 13.4. The van der Waals surface area contributed by atoms with Crippen molar-refractivity contribution in [3.63, 3.8) is 0 Å². The molecule has 0 unspecified atom stereocenters. The van der Waals surface area contributed by atoms with Crippen LogP contribution in [0.5, 0.6) is 0 Å². The number of fused-ring (bicyclic) bond motifs is 1. The summed E-state index contributed by atoms with van der Waals surface area (Å²) in [6.07, 6.45) is 0.811. The van der Waals surface area contributed by atoms with Crippen LogP contribution in [0.25, 0.3) is 10.8 Å². The van der Waals surface area contributed by atoms with Gasteiger partial charge in [-0.3, -0.25) is 14.9 Å². The fraction of sp³-hybridized carbons (Fsp3) is 0. The van der Waals surface area contributed by atoms with Gasteiger partial charge in [0.1, 0.15) is 5.39 Å². The first-order chi connectivity index (χ1) is 7.50. The number of H-pyrrole nitrogens is 1. The predicted molar refractivity (Wildman–Crippen MR) is 58.9 cm³/mol. The highest BCUT2D eigenvalue weighted by Crippen LogP contribution is 2.29. The van der Waals surface area contributed by atoms with Gasteiger partial charge in [-0.2, -0.15) is 0 Å². The molecule has 0 aliphatic carbocycles. The van der Waals surface area contributed by atoms with E-state index in [9.17, 15) is 19.3 Å². The Labute approximate surface area is 96.2 Å². The lowest BCUT2D eigenvalue weighted by Crippen LogP contribution is -2.07. The number of halogens is 2. The first-order valence-corrected chi connectivity index (χ1v) is 4.95. The average molecular weight is 287 g/mol. The number of benzene rings is 1. The lowest BCUT2D eigenvalue weighted by molar-refractivity contribution is -0.383. The molecule has 7 heteroatoms. The van der Waals surface area contributed by atoms with E-state index in [2.05, 4.69) is 20.9 Å². The van der Waals surface area contributed by atoms with Crippen LogP contribution in [0, 0.1) is 15.9 Å². The third-order valence-electron chi connectivity index (χ3n) is 2.09. The minimum atomic E-state index is -0.825. The molecule has 0 atom stereocenters. The first kappa shape index (κ1) is 10.7. The van der Waals surface area contributed by atoms with Gasteiger partial charge < -0.3 is 4.98 Å². The summed E-state index contributed by atoms with van der Waals surface area (Å²) in [6.45, 7) is 0. The van der Waals surface area contributed by atoms with E-state index in [-0.39, 0.29) is 10.8 Å². The molecule has 5 nitrogen and oxygen atoms in total. The molecule has 0 radical (unpaired) electrons. The Morgan fingerprint density at radius 1 is 1.44 bits per heavy atom. The zero-order valence-corrected chi connectivity index (χ0v) is 9.25. The molecule has 0 saturated carbocycles. The van der Waals surface area contributed by atoms with E-state index in [1.165, 1.54) is 6.07 Å². The molecule has 2 rings (SSSR count). The van der Waals surface area contributed by atoms with Gasteiger partial charge in [-0.15, -0.1) is 0 Å². The van der Waals surface area contributed by atoms with Gasteiger partial charge in [0.05, 0.1) is 10.3 Å². The summed E-state index contributed by atoms with van der Waals surface area (Å²) in [6, 6.07) is 2.50. The van der Waals surface area contributed by atoms with Crippen molar-refractivity contribution in [2.75, 3.05) is 0 Å². The lowest BCUT2D eigenvalue weighted by Gasteiger charge is -2.01. The Kier molecular flexibility index (Phi) is 2.47. The summed E-state index contributed by atoms with van der Waals surface area (Å²) in [5, 5.41) is 10.4. The molecule has 0 spiro atoms. The summed E-state index contributed by atoms with van der Waals surface area (Å²) >= 11 is 3.03. The van der Waals surface area contributed by atoms with Gasteiger partial charge in [-0.25, -0.2) is 4.39 Å². The Bertz CT molecular complexity index is 653. The van der Waals surface area contributed by atoms with Crippen molar-refractivity contribution in [2.24, 2.45) is 0 Å². The number of rotatable bonds is 1. The second-order valence-corrected chi connectivity index (χ2v) is 3.99. The number of hydrogen-bond donors (Lipinski definition) is 1. The highest BCUT2D eigenvalue weighted by molar-refractivity contribution is 9.10. The molecule has 1 aromatic heterocycles. The van der Waals surface area contributed by atoms with E-state index in [4.69, 9.17) is 0 Å². The minimum Gasteiger partial charge on any atom is -0.326 e. The molecule has 1 heterocycles. The quantitative estimate of drug-likeness (QED) is 0.646. The van der Waals surface area contributed by atoms with Crippen molar-refractivity contribution in [1.82, 2.24) is 4.98 Å². The number of pyridine rings is 1. The molecule has 1 aromatic carbocycles. The molecule has 82 valence electrons. The molecule has 0 amide bonds. The molecule has 2 aromatic rings. The smallest absolute Gasteiger partial charge is 0.281 e. The number of aromatic amines is 1. The van der Waals surface area contributed by atoms with Crippen LogP contribution in [-0.4, -0.2) is 9.91 Å².